The topological polar surface area (TPSA) is 75.6 Å². The zero-order chi connectivity index (χ0) is 20.3. The molecule has 2 aromatic rings. The van der Waals surface area contributed by atoms with E-state index in [9.17, 15) is 5.11 Å². The summed E-state index contributed by atoms with van der Waals surface area (Å²) in [5, 5.41) is 11.3. The molecule has 0 radical (unpaired) electrons. The standard InChI is InChI=1S/C22H24O7/c1-10-5-12-6-14-19(28-8-26-14)21(24-3)16(12)17-13(18(23)11(10)2)7-15-20(22(17)25-4)29-9-27-15/h6-7,10-11,18,23H,5,8-9H2,1-4H3/t10-,11+,18+/m0/s1. The number of benzene rings is 2. The molecule has 3 atom stereocenters. The van der Waals surface area contributed by atoms with Gasteiger partial charge in [-0.05, 0) is 41.5 Å². The fourth-order valence-electron chi connectivity index (χ4n) is 4.54. The normalized spacial score (nSPS) is 23.7. The number of methoxy groups -OCH3 is 2. The van der Waals surface area contributed by atoms with E-state index in [1.807, 2.05) is 12.1 Å². The van der Waals surface area contributed by atoms with Crippen molar-refractivity contribution in [1.82, 2.24) is 0 Å². The van der Waals surface area contributed by atoms with Crippen LogP contribution in [-0.2, 0) is 6.42 Å². The van der Waals surface area contributed by atoms with Crippen molar-refractivity contribution in [2.75, 3.05) is 27.8 Å². The molecule has 5 rings (SSSR count). The Morgan fingerprint density at radius 3 is 2.07 bits per heavy atom. The Balaban J connectivity index is 1.90. The Morgan fingerprint density at radius 2 is 1.45 bits per heavy atom. The van der Waals surface area contributed by atoms with Crippen LogP contribution in [0.1, 0.15) is 31.1 Å². The molecule has 1 N–H and O–H groups in total. The maximum absolute atomic E-state index is 11.3. The van der Waals surface area contributed by atoms with E-state index in [0.29, 0.717) is 34.5 Å². The van der Waals surface area contributed by atoms with E-state index in [2.05, 4.69) is 13.8 Å². The number of ether oxygens (including phenoxy) is 6. The summed E-state index contributed by atoms with van der Waals surface area (Å²) in [6.07, 6.45) is 0.0455. The van der Waals surface area contributed by atoms with Crippen molar-refractivity contribution in [3.8, 4) is 45.6 Å². The number of aliphatic hydroxyl groups excluding tert-OH is 1. The van der Waals surface area contributed by atoms with Crippen LogP contribution in [0.25, 0.3) is 11.1 Å². The van der Waals surface area contributed by atoms with Crippen molar-refractivity contribution in [1.29, 1.82) is 0 Å². The second-order valence-corrected chi connectivity index (χ2v) is 7.77. The van der Waals surface area contributed by atoms with E-state index in [-0.39, 0.29) is 25.4 Å². The van der Waals surface area contributed by atoms with Gasteiger partial charge in [0.25, 0.3) is 0 Å². The van der Waals surface area contributed by atoms with Crippen molar-refractivity contribution < 1.29 is 33.5 Å². The average Bonchev–Trinajstić information content (AvgIpc) is 3.38. The summed E-state index contributed by atoms with van der Waals surface area (Å²) in [4.78, 5) is 0. The van der Waals surface area contributed by atoms with E-state index < -0.39 is 6.10 Å². The number of hydrogen-bond donors (Lipinski definition) is 1. The van der Waals surface area contributed by atoms with Gasteiger partial charge in [-0.3, -0.25) is 0 Å². The molecule has 29 heavy (non-hydrogen) atoms. The van der Waals surface area contributed by atoms with Gasteiger partial charge in [0.1, 0.15) is 0 Å². The van der Waals surface area contributed by atoms with Crippen molar-refractivity contribution in [2.45, 2.75) is 26.4 Å². The SMILES string of the molecule is COc1c2c(cc3c1-c1c(cc4c(c1OC)OCO4)[C@H](O)[C@H](C)[C@@H](C)C3)OCO2. The first kappa shape index (κ1) is 18.2. The summed E-state index contributed by atoms with van der Waals surface area (Å²) in [5.74, 6) is 3.67. The van der Waals surface area contributed by atoms with Crippen LogP contribution >= 0.6 is 0 Å². The molecular formula is C22H24O7. The molecule has 2 aliphatic heterocycles. The second kappa shape index (κ2) is 6.62. The summed E-state index contributed by atoms with van der Waals surface area (Å²) >= 11 is 0. The van der Waals surface area contributed by atoms with E-state index in [0.717, 1.165) is 28.7 Å². The molecule has 0 amide bonds. The number of rotatable bonds is 2. The fraction of sp³-hybridized carbons (Fsp3) is 0.455. The van der Waals surface area contributed by atoms with Crippen LogP contribution in [0, 0.1) is 11.8 Å². The Kier molecular flexibility index (Phi) is 4.17. The van der Waals surface area contributed by atoms with Crippen LogP contribution < -0.4 is 28.4 Å². The number of aliphatic hydroxyl groups is 1. The maximum atomic E-state index is 11.3. The van der Waals surface area contributed by atoms with Gasteiger partial charge in [-0.25, -0.2) is 0 Å². The van der Waals surface area contributed by atoms with Gasteiger partial charge >= 0.3 is 0 Å². The molecule has 7 heteroatoms. The number of hydrogen-bond acceptors (Lipinski definition) is 7. The van der Waals surface area contributed by atoms with Gasteiger partial charge in [0.2, 0.25) is 25.1 Å². The second-order valence-electron chi connectivity index (χ2n) is 7.77. The Morgan fingerprint density at radius 1 is 0.862 bits per heavy atom. The molecule has 0 aromatic heterocycles. The highest BCUT2D eigenvalue weighted by Gasteiger charge is 2.38. The lowest BCUT2D eigenvalue weighted by Gasteiger charge is -2.32. The van der Waals surface area contributed by atoms with Crippen LogP contribution in [0.2, 0.25) is 0 Å². The molecule has 0 unspecified atom stereocenters. The van der Waals surface area contributed by atoms with Gasteiger partial charge in [0.05, 0.1) is 20.3 Å². The van der Waals surface area contributed by atoms with Crippen molar-refractivity contribution in [2.24, 2.45) is 11.8 Å². The molecule has 7 nitrogen and oxygen atoms in total. The first-order valence-corrected chi connectivity index (χ1v) is 9.73. The van der Waals surface area contributed by atoms with Crippen LogP contribution in [0.5, 0.6) is 34.5 Å². The molecule has 0 fully saturated rings. The zero-order valence-corrected chi connectivity index (χ0v) is 16.9. The quantitative estimate of drug-likeness (QED) is 0.824. The van der Waals surface area contributed by atoms with Gasteiger partial charge in [-0.2, -0.15) is 0 Å². The third-order valence-corrected chi connectivity index (χ3v) is 6.27. The first-order valence-electron chi connectivity index (χ1n) is 9.73. The fourth-order valence-corrected chi connectivity index (χ4v) is 4.54. The van der Waals surface area contributed by atoms with Gasteiger partial charge in [-0.1, -0.05) is 13.8 Å². The Labute approximate surface area is 169 Å². The van der Waals surface area contributed by atoms with E-state index in [1.165, 1.54) is 0 Å². The highest BCUT2D eigenvalue weighted by Crippen LogP contribution is 2.58. The van der Waals surface area contributed by atoms with Crippen molar-refractivity contribution in [3.05, 3.63) is 23.3 Å². The Hall–Kier alpha value is -2.80. The van der Waals surface area contributed by atoms with E-state index in [4.69, 9.17) is 28.4 Å². The lowest BCUT2D eigenvalue weighted by Crippen LogP contribution is -2.22. The third kappa shape index (κ3) is 2.53. The monoisotopic (exact) mass is 400 g/mol. The van der Waals surface area contributed by atoms with Crippen LogP contribution in [0.4, 0.5) is 0 Å². The summed E-state index contributed by atoms with van der Waals surface area (Å²) in [6.45, 7) is 4.46. The highest BCUT2D eigenvalue weighted by molar-refractivity contribution is 5.89. The first-order chi connectivity index (χ1) is 14.0. The van der Waals surface area contributed by atoms with Crippen LogP contribution in [0.3, 0.4) is 0 Å². The predicted molar refractivity (Wildman–Crippen MR) is 104 cm³/mol. The molecule has 3 aliphatic rings. The summed E-state index contributed by atoms with van der Waals surface area (Å²) in [6, 6.07) is 3.86. The minimum Gasteiger partial charge on any atom is -0.492 e. The van der Waals surface area contributed by atoms with E-state index in [1.54, 1.807) is 14.2 Å². The number of fused-ring (bicyclic) bond motifs is 5. The summed E-state index contributed by atoms with van der Waals surface area (Å²) < 4.78 is 34.3. The average molecular weight is 400 g/mol. The Bertz CT molecular complexity index is 984. The largest absolute Gasteiger partial charge is 0.492 e. The van der Waals surface area contributed by atoms with Gasteiger partial charge in [-0.15, -0.1) is 0 Å². The van der Waals surface area contributed by atoms with E-state index >= 15 is 0 Å². The molecule has 0 saturated carbocycles. The zero-order valence-electron chi connectivity index (χ0n) is 16.9. The lowest BCUT2D eigenvalue weighted by atomic mass is 9.76. The van der Waals surface area contributed by atoms with Gasteiger partial charge in [0, 0.05) is 11.1 Å². The minimum absolute atomic E-state index is 0.0170. The molecule has 0 bridgehead atoms. The highest BCUT2D eigenvalue weighted by atomic mass is 16.7. The minimum atomic E-state index is -0.702. The summed E-state index contributed by atoms with van der Waals surface area (Å²) in [5.41, 5.74) is 3.35. The van der Waals surface area contributed by atoms with Gasteiger partial charge < -0.3 is 33.5 Å². The van der Waals surface area contributed by atoms with Crippen LogP contribution in [0.15, 0.2) is 12.1 Å². The summed E-state index contributed by atoms with van der Waals surface area (Å²) in [7, 11) is 3.20. The lowest BCUT2D eigenvalue weighted by molar-refractivity contribution is 0.0864. The molecule has 2 heterocycles. The van der Waals surface area contributed by atoms with Crippen LogP contribution in [-0.4, -0.2) is 32.9 Å². The third-order valence-electron chi connectivity index (χ3n) is 6.27. The molecule has 1 aliphatic carbocycles. The van der Waals surface area contributed by atoms with Crippen molar-refractivity contribution >= 4 is 0 Å². The molecule has 2 aromatic carbocycles. The molecule has 0 spiro atoms. The maximum Gasteiger partial charge on any atom is 0.231 e. The predicted octanol–water partition coefficient (Wildman–Crippen LogP) is 3.69. The molecular weight excluding hydrogens is 376 g/mol. The molecule has 154 valence electrons. The van der Waals surface area contributed by atoms with Crippen molar-refractivity contribution in [3.63, 3.8) is 0 Å². The van der Waals surface area contributed by atoms with Gasteiger partial charge in [0.15, 0.2) is 23.0 Å². The smallest absolute Gasteiger partial charge is 0.231 e. The molecule has 0 saturated heterocycles.